The molecule has 4 atom stereocenters. The van der Waals surface area contributed by atoms with Gasteiger partial charge in [-0.25, -0.2) is 0 Å². The van der Waals surface area contributed by atoms with Gasteiger partial charge in [-0.2, -0.15) is 0 Å². The Hall–Kier alpha value is -0.0800. The number of hydrogen-bond acceptors (Lipinski definition) is 2. The number of nitrogens with one attached hydrogen (secondary N) is 1. The van der Waals surface area contributed by atoms with Gasteiger partial charge < -0.3 is 10.4 Å². The lowest BCUT2D eigenvalue weighted by atomic mass is 10.1. The van der Waals surface area contributed by atoms with E-state index in [1.54, 1.807) is 0 Å². The van der Waals surface area contributed by atoms with Crippen LogP contribution in [0.25, 0.3) is 0 Å². The first-order valence-corrected chi connectivity index (χ1v) is 6.17. The largest absolute Gasteiger partial charge is 0.393 e. The van der Waals surface area contributed by atoms with Gasteiger partial charge in [0.2, 0.25) is 0 Å². The normalized spacial score (nSPS) is 43.3. The summed E-state index contributed by atoms with van der Waals surface area (Å²) in [6, 6.07) is 0.734. The Morgan fingerprint density at radius 1 is 1.21 bits per heavy atom. The fraction of sp³-hybridized carbons (Fsp3) is 1.00. The molecule has 2 N–H and O–H groups in total. The molecule has 2 heteroatoms. The molecule has 0 aromatic heterocycles. The Morgan fingerprint density at radius 3 is 2.64 bits per heavy atom. The molecule has 0 aromatic carbocycles. The fourth-order valence-corrected chi connectivity index (χ4v) is 2.97. The molecule has 0 amide bonds. The van der Waals surface area contributed by atoms with Crippen LogP contribution in [0.4, 0.5) is 0 Å². The molecule has 4 unspecified atom stereocenters. The van der Waals surface area contributed by atoms with E-state index < -0.39 is 0 Å². The summed E-state index contributed by atoms with van der Waals surface area (Å²) in [5.74, 6) is 1.44. The molecule has 2 nitrogen and oxygen atoms in total. The van der Waals surface area contributed by atoms with Crippen molar-refractivity contribution in [2.75, 3.05) is 6.54 Å². The van der Waals surface area contributed by atoms with Crippen LogP contribution in [0.5, 0.6) is 0 Å². The van der Waals surface area contributed by atoms with Crippen LogP contribution in [0.2, 0.25) is 0 Å². The quantitative estimate of drug-likeness (QED) is 0.724. The van der Waals surface area contributed by atoms with E-state index in [2.05, 4.69) is 12.2 Å². The molecule has 0 bridgehead atoms. The predicted molar refractivity (Wildman–Crippen MR) is 58.2 cm³/mol. The van der Waals surface area contributed by atoms with Crippen molar-refractivity contribution in [3.8, 4) is 0 Å². The SMILES string of the molecule is CC1CCC(NCC2CCCC2O)C1. The molecule has 2 aliphatic carbocycles. The highest BCUT2D eigenvalue weighted by Crippen LogP contribution is 2.27. The van der Waals surface area contributed by atoms with Crippen LogP contribution >= 0.6 is 0 Å². The highest BCUT2D eigenvalue weighted by Gasteiger charge is 2.27. The van der Waals surface area contributed by atoms with Gasteiger partial charge in [0.15, 0.2) is 0 Å². The van der Waals surface area contributed by atoms with E-state index in [9.17, 15) is 5.11 Å². The Bertz CT molecular complexity index is 183. The van der Waals surface area contributed by atoms with E-state index in [4.69, 9.17) is 0 Å². The molecule has 82 valence electrons. The summed E-state index contributed by atoms with van der Waals surface area (Å²) in [4.78, 5) is 0. The number of rotatable bonds is 3. The minimum Gasteiger partial charge on any atom is -0.393 e. The molecule has 0 aliphatic heterocycles. The van der Waals surface area contributed by atoms with Crippen LogP contribution < -0.4 is 5.32 Å². The third kappa shape index (κ3) is 2.48. The standard InChI is InChI=1S/C12H23NO/c1-9-5-6-11(7-9)13-8-10-3-2-4-12(10)14/h9-14H,2-8H2,1H3. The minimum absolute atomic E-state index is 0.0265. The van der Waals surface area contributed by atoms with Crippen molar-refractivity contribution in [2.45, 2.75) is 57.6 Å². The lowest BCUT2D eigenvalue weighted by molar-refractivity contribution is 0.130. The summed E-state index contributed by atoms with van der Waals surface area (Å²) in [7, 11) is 0. The van der Waals surface area contributed by atoms with Gasteiger partial charge in [0.25, 0.3) is 0 Å². The third-order valence-electron chi connectivity index (χ3n) is 3.98. The van der Waals surface area contributed by atoms with Gasteiger partial charge in [-0.1, -0.05) is 13.3 Å². The zero-order chi connectivity index (χ0) is 9.97. The minimum atomic E-state index is -0.0265. The molecule has 2 aliphatic rings. The third-order valence-corrected chi connectivity index (χ3v) is 3.98. The first-order valence-electron chi connectivity index (χ1n) is 6.17. The van der Waals surface area contributed by atoms with Crippen LogP contribution in [0, 0.1) is 11.8 Å². The molecule has 0 heterocycles. The van der Waals surface area contributed by atoms with Crippen LogP contribution in [0.1, 0.15) is 45.4 Å². The molecule has 0 saturated heterocycles. The molecule has 14 heavy (non-hydrogen) atoms. The second-order valence-corrected chi connectivity index (χ2v) is 5.28. The number of hydrogen-bond donors (Lipinski definition) is 2. The van der Waals surface area contributed by atoms with Gasteiger partial charge in [-0.05, 0) is 43.9 Å². The van der Waals surface area contributed by atoms with E-state index in [1.165, 1.54) is 32.1 Å². The van der Waals surface area contributed by atoms with E-state index in [-0.39, 0.29) is 6.10 Å². The highest BCUT2D eigenvalue weighted by atomic mass is 16.3. The van der Waals surface area contributed by atoms with Crippen molar-refractivity contribution in [3.05, 3.63) is 0 Å². The Morgan fingerprint density at radius 2 is 2.07 bits per heavy atom. The monoisotopic (exact) mass is 197 g/mol. The molecule has 2 rings (SSSR count). The average molecular weight is 197 g/mol. The zero-order valence-corrected chi connectivity index (χ0v) is 9.21. The second kappa shape index (κ2) is 4.63. The van der Waals surface area contributed by atoms with E-state index in [0.29, 0.717) is 5.92 Å². The van der Waals surface area contributed by atoms with Crippen molar-refractivity contribution in [1.82, 2.24) is 5.32 Å². The van der Waals surface area contributed by atoms with E-state index in [1.807, 2.05) is 0 Å². The maximum absolute atomic E-state index is 9.67. The van der Waals surface area contributed by atoms with Crippen molar-refractivity contribution < 1.29 is 5.11 Å². The summed E-state index contributed by atoms with van der Waals surface area (Å²) in [5, 5.41) is 13.3. The van der Waals surface area contributed by atoms with Crippen molar-refractivity contribution in [3.63, 3.8) is 0 Å². The Labute approximate surface area is 87.1 Å². The highest BCUT2D eigenvalue weighted by molar-refractivity contribution is 4.83. The van der Waals surface area contributed by atoms with Crippen LogP contribution in [0.15, 0.2) is 0 Å². The predicted octanol–water partition coefficient (Wildman–Crippen LogP) is 1.93. The van der Waals surface area contributed by atoms with Gasteiger partial charge >= 0.3 is 0 Å². The van der Waals surface area contributed by atoms with Crippen molar-refractivity contribution in [1.29, 1.82) is 0 Å². The van der Waals surface area contributed by atoms with Gasteiger partial charge in [-0.3, -0.25) is 0 Å². The summed E-state index contributed by atoms with van der Waals surface area (Å²) in [5.41, 5.74) is 0. The molecular weight excluding hydrogens is 174 g/mol. The van der Waals surface area contributed by atoms with Crippen LogP contribution in [0.3, 0.4) is 0 Å². The summed E-state index contributed by atoms with van der Waals surface area (Å²) >= 11 is 0. The van der Waals surface area contributed by atoms with Crippen molar-refractivity contribution >= 4 is 0 Å². The zero-order valence-electron chi connectivity index (χ0n) is 9.21. The smallest absolute Gasteiger partial charge is 0.0580 e. The molecule has 2 fully saturated rings. The molecule has 2 saturated carbocycles. The number of aliphatic hydroxyl groups is 1. The van der Waals surface area contributed by atoms with Gasteiger partial charge in [0, 0.05) is 12.6 Å². The van der Waals surface area contributed by atoms with E-state index >= 15 is 0 Å². The maximum atomic E-state index is 9.67. The van der Waals surface area contributed by atoms with Gasteiger partial charge in [-0.15, -0.1) is 0 Å². The Kier molecular flexibility index (Phi) is 3.45. The topological polar surface area (TPSA) is 32.3 Å². The summed E-state index contributed by atoms with van der Waals surface area (Å²) in [6.45, 7) is 3.38. The first-order chi connectivity index (χ1) is 6.75. The Balaban J connectivity index is 1.67. The molecular formula is C12H23NO. The van der Waals surface area contributed by atoms with Crippen LogP contribution in [-0.4, -0.2) is 23.8 Å². The molecule has 0 radical (unpaired) electrons. The molecule has 0 spiro atoms. The van der Waals surface area contributed by atoms with Crippen molar-refractivity contribution in [2.24, 2.45) is 11.8 Å². The second-order valence-electron chi connectivity index (χ2n) is 5.28. The fourth-order valence-electron chi connectivity index (χ4n) is 2.97. The average Bonchev–Trinajstić information content (AvgIpc) is 2.72. The number of aliphatic hydroxyl groups excluding tert-OH is 1. The lowest BCUT2D eigenvalue weighted by Gasteiger charge is -2.18. The van der Waals surface area contributed by atoms with Crippen LogP contribution in [-0.2, 0) is 0 Å². The van der Waals surface area contributed by atoms with E-state index in [0.717, 1.165) is 24.9 Å². The summed E-state index contributed by atoms with van der Waals surface area (Å²) in [6.07, 6.45) is 7.48. The van der Waals surface area contributed by atoms with Gasteiger partial charge in [0.1, 0.15) is 0 Å². The van der Waals surface area contributed by atoms with Gasteiger partial charge in [0.05, 0.1) is 6.10 Å². The maximum Gasteiger partial charge on any atom is 0.0580 e. The molecule has 0 aromatic rings. The lowest BCUT2D eigenvalue weighted by Crippen LogP contribution is -2.34. The first kappa shape index (κ1) is 10.4. The summed E-state index contributed by atoms with van der Waals surface area (Å²) < 4.78 is 0.